The highest BCUT2D eigenvalue weighted by molar-refractivity contribution is 5.73. The molecule has 0 fully saturated rings. The Morgan fingerprint density at radius 1 is 1.91 bits per heavy atom. The Hall–Kier alpha value is -1.26. The molecule has 0 heterocycles. The normalized spacial score (nSPS) is 11.7. The van der Waals surface area contributed by atoms with Crippen LogP contribution in [-0.4, -0.2) is 30.2 Å². The average Bonchev–Trinajstić information content (AvgIpc) is 1.97. The van der Waals surface area contributed by atoms with E-state index in [0.717, 1.165) is 0 Å². The summed E-state index contributed by atoms with van der Waals surface area (Å²) in [6.45, 7) is 2.27. The summed E-state index contributed by atoms with van der Waals surface area (Å²) in [4.78, 5) is 12.8. The zero-order valence-corrected chi connectivity index (χ0v) is 6.19. The molecule has 2 N–H and O–H groups in total. The molecule has 0 aliphatic carbocycles. The number of azide groups is 1. The van der Waals surface area contributed by atoms with Crippen LogP contribution in [0.5, 0.6) is 0 Å². The second-order valence-electron chi connectivity index (χ2n) is 1.86. The van der Waals surface area contributed by atoms with Crippen molar-refractivity contribution < 1.29 is 9.90 Å². The molecule has 6 nitrogen and oxygen atoms in total. The van der Waals surface area contributed by atoms with Gasteiger partial charge in [-0.1, -0.05) is 12.0 Å². The summed E-state index contributed by atoms with van der Waals surface area (Å²) in [5, 5.41) is 14.3. The van der Waals surface area contributed by atoms with Crippen LogP contribution in [0, 0.1) is 0 Å². The zero-order chi connectivity index (χ0) is 8.69. The van der Waals surface area contributed by atoms with Crippen LogP contribution in [0.2, 0.25) is 0 Å². The number of aliphatic carboxylic acids is 1. The summed E-state index contributed by atoms with van der Waals surface area (Å²) in [5.41, 5.74) is 7.90. The summed E-state index contributed by atoms with van der Waals surface area (Å²) in [6.07, 6.45) is 0. The van der Waals surface area contributed by atoms with Gasteiger partial charge in [0.05, 0.1) is 6.54 Å². The number of rotatable bonds is 5. The first-order chi connectivity index (χ1) is 5.22. The van der Waals surface area contributed by atoms with E-state index in [9.17, 15) is 4.79 Å². The van der Waals surface area contributed by atoms with Crippen LogP contribution in [0.3, 0.4) is 0 Å². The minimum absolute atomic E-state index is 0.0559. The highest BCUT2D eigenvalue weighted by Gasteiger charge is 2.13. The quantitative estimate of drug-likeness (QED) is 0.343. The van der Waals surface area contributed by atoms with Crippen LogP contribution in [0.15, 0.2) is 5.11 Å². The molecule has 0 bridgehead atoms. The Bertz CT molecular complexity index is 175. The summed E-state index contributed by atoms with van der Waals surface area (Å²) in [6, 6.07) is -0.768. The largest absolute Gasteiger partial charge is 0.480 e. The van der Waals surface area contributed by atoms with E-state index in [1.165, 1.54) is 0 Å². The second-order valence-corrected chi connectivity index (χ2v) is 1.86. The van der Waals surface area contributed by atoms with Crippen LogP contribution in [0.1, 0.15) is 6.92 Å². The minimum atomic E-state index is -1.00. The second kappa shape index (κ2) is 5.52. The first-order valence-corrected chi connectivity index (χ1v) is 3.19. The van der Waals surface area contributed by atoms with Gasteiger partial charge in [-0.25, -0.2) is 0 Å². The maximum atomic E-state index is 10.3. The van der Waals surface area contributed by atoms with Crippen LogP contribution in [0.4, 0.5) is 0 Å². The van der Waals surface area contributed by atoms with Gasteiger partial charge in [-0.3, -0.25) is 4.79 Å². The van der Waals surface area contributed by atoms with Gasteiger partial charge in [0.1, 0.15) is 6.04 Å². The van der Waals surface area contributed by atoms with Crippen LogP contribution in [0.25, 0.3) is 10.4 Å². The number of nitrogens with one attached hydrogen (secondary N) is 1. The van der Waals surface area contributed by atoms with Gasteiger partial charge in [-0.15, -0.1) is 0 Å². The lowest BCUT2D eigenvalue weighted by Gasteiger charge is -2.08. The molecule has 1 unspecified atom stereocenters. The van der Waals surface area contributed by atoms with Gasteiger partial charge in [0.25, 0.3) is 0 Å². The third kappa shape index (κ3) is 4.19. The molecule has 1 atom stereocenters. The first kappa shape index (κ1) is 9.74. The van der Waals surface area contributed by atoms with Gasteiger partial charge in [-0.05, 0) is 12.1 Å². The Morgan fingerprint density at radius 3 is 2.91 bits per heavy atom. The molecular weight excluding hydrogens is 148 g/mol. The molecule has 11 heavy (non-hydrogen) atoms. The fourth-order valence-electron chi connectivity index (χ4n) is 0.595. The van der Waals surface area contributed by atoms with Gasteiger partial charge in [0, 0.05) is 4.91 Å². The van der Waals surface area contributed by atoms with Crippen LogP contribution < -0.4 is 5.32 Å². The number of nitrogens with zero attached hydrogens (tertiary/aromatic N) is 3. The highest BCUT2D eigenvalue weighted by Crippen LogP contribution is 1.85. The summed E-state index contributed by atoms with van der Waals surface area (Å²) in [5.74, 6) is -1.00. The monoisotopic (exact) mass is 158 g/mol. The van der Waals surface area contributed by atoms with E-state index in [-0.39, 0.29) is 6.54 Å². The van der Waals surface area contributed by atoms with Crippen molar-refractivity contribution in [3.8, 4) is 0 Å². The summed E-state index contributed by atoms with van der Waals surface area (Å²) < 4.78 is 0. The number of carboxylic acids is 1. The van der Waals surface area contributed by atoms with Gasteiger partial charge in [0.15, 0.2) is 0 Å². The molecule has 0 rings (SSSR count). The Morgan fingerprint density at radius 2 is 2.55 bits per heavy atom. The van der Waals surface area contributed by atoms with Crippen LogP contribution >= 0.6 is 0 Å². The molecule has 6 heteroatoms. The molecule has 0 aromatic rings. The van der Waals surface area contributed by atoms with Crippen molar-refractivity contribution in [2.45, 2.75) is 13.0 Å². The minimum Gasteiger partial charge on any atom is -0.480 e. The molecule has 0 aromatic heterocycles. The van der Waals surface area contributed by atoms with Gasteiger partial charge in [-0.2, -0.15) is 0 Å². The van der Waals surface area contributed by atoms with E-state index in [0.29, 0.717) is 6.54 Å². The van der Waals surface area contributed by atoms with Gasteiger partial charge < -0.3 is 10.4 Å². The van der Waals surface area contributed by atoms with Gasteiger partial charge in [0.2, 0.25) is 0 Å². The third-order valence-electron chi connectivity index (χ3n) is 1.08. The lowest BCUT2D eigenvalue weighted by molar-refractivity contribution is -0.139. The fourth-order valence-corrected chi connectivity index (χ4v) is 0.595. The predicted molar refractivity (Wildman–Crippen MR) is 39.1 cm³/mol. The molecule has 0 radical (unpaired) electrons. The Balaban J connectivity index is 3.88. The Kier molecular flexibility index (Phi) is 4.89. The van der Waals surface area contributed by atoms with Crippen molar-refractivity contribution in [1.29, 1.82) is 0 Å². The van der Waals surface area contributed by atoms with Crippen molar-refractivity contribution >= 4 is 5.97 Å². The summed E-state index contributed by atoms with van der Waals surface area (Å²) >= 11 is 0. The van der Waals surface area contributed by atoms with E-state index in [1.807, 2.05) is 0 Å². The van der Waals surface area contributed by atoms with E-state index in [2.05, 4.69) is 15.3 Å². The van der Waals surface area contributed by atoms with Crippen molar-refractivity contribution in [2.24, 2.45) is 5.11 Å². The topological polar surface area (TPSA) is 98.1 Å². The SMILES string of the molecule is CCNC(CN=[N+]=[N-])C(=O)O. The zero-order valence-electron chi connectivity index (χ0n) is 6.19. The first-order valence-electron chi connectivity index (χ1n) is 3.19. The fraction of sp³-hybridized carbons (Fsp3) is 0.800. The maximum absolute atomic E-state index is 10.3. The van der Waals surface area contributed by atoms with Crippen molar-refractivity contribution in [2.75, 3.05) is 13.1 Å². The number of hydrogen-bond donors (Lipinski definition) is 2. The Labute approximate surface area is 63.8 Å². The average molecular weight is 158 g/mol. The summed E-state index contributed by atoms with van der Waals surface area (Å²) in [7, 11) is 0. The molecular formula is C5H10N4O2. The molecule has 0 saturated carbocycles. The van der Waals surface area contributed by atoms with Crippen molar-refractivity contribution in [3.05, 3.63) is 10.4 Å². The van der Waals surface area contributed by atoms with E-state index < -0.39 is 12.0 Å². The highest BCUT2D eigenvalue weighted by atomic mass is 16.4. The number of hydrogen-bond acceptors (Lipinski definition) is 3. The maximum Gasteiger partial charge on any atom is 0.320 e. The molecule has 0 aliphatic heterocycles. The van der Waals surface area contributed by atoms with Crippen molar-refractivity contribution in [3.63, 3.8) is 0 Å². The van der Waals surface area contributed by atoms with E-state index >= 15 is 0 Å². The lowest BCUT2D eigenvalue weighted by Crippen LogP contribution is -2.38. The number of carbonyl (C=O) groups is 1. The molecule has 0 saturated heterocycles. The predicted octanol–water partition coefficient (Wildman–Crippen LogP) is 0.359. The molecule has 0 spiro atoms. The number of carboxylic acid groups (broad SMARTS) is 1. The molecule has 62 valence electrons. The van der Waals surface area contributed by atoms with E-state index in [1.54, 1.807) is 6.92 Å². The molecule has 0 aliphatic rings. The standard InChI is InChI=1S/C5H10N4O2/c1-2-7-4(5(10)11)3-8-9-6/h4,7H,2-3H2,1H3,(H,10,11). The smallest absolute Gasteiger partial charge is 0.320 e. The van der Waals surface area contributed by atoms with E-state index in [4.69, 9.17) is 10.6 Å². The van der Waals surface area contributed by atoms with Crippen LogP contribution in [-0.2, 0) is 4.79 Å². The lowest BCUT2D eigenvalue weighted by atomic mass is 10.3. The number of likely N-dealkylation sites (N-methyl/N-ethyl adjacent to an activating group) is 1. The molecule has 0 aromatic carbocycles. The molecule has 0 amide bonds. The van der Waals surface area contributed by atoms with Crippen molar-refractivity contribution in [1.82, 2.24) is 5.32 Å². The van der Waals surface area contributed by atoms with Gasteiger partial charge >= 0.3 is 5.97 Å². The third-order valence-corrected chi connectivity index (χ3v) is 1.08.